The lowest BCUT2D eigenvalue weighted by molar-refractivity contribution is 1.15. The van der Waals surface area contributed by atoms with Crippen molar-refractivity contribution >= 4 is 5.82 Å². The molecule has 15 heavy (non-hydrogen) atoms. The first kappa shape index (κ1) is 9.77. The molecule has 0 aliphatic carbocycles. The molecule has 0 aliphatic rings. The second-order valence-corrected chi connectivity index (χ2v) is 3.90. The Balaban J connectivity index is 2.62. The molecule has 0 spiro atoms. The third-order valence-electron chi connectivity index (χ3n) is 2.51. The minimum absolute atomic E-state index is 0.571. The van der Waals surface area contributed by atoms with E-state index >= 15 is 0 Å². The monoisotopic (exact) mass is 201 g/mol. The van der Waals surface area contributed by atoms with E-state index in [-0.39, 0.29) is 0 Å². The van der Waals surface area contributed by atoms with E-state index < -0.39 is 0 Å². The van der Waals surface area contributed by atoms with Gasteiger partial charge in [0, 0.05) is 5.56 Å². The molecule has 1 aromatic heterocycles. The number of aromatic nitrogens is 2. The van der Waals surface area contributed by atoms with Gasteiger partial charge in [-0.15, -0.1) is 0 Å². The maximum absolute atomic E-state index is 5.85. The zero-order valence-corrected chi connectivity index (χ0v) is 9.26. The van der Waals surface area contributed by atoms with Crippen molar-refractivity contribution in [3.8, 4) is 11.3 Å². The molecular weight excluding hydrogens is 186 g/mol. The van der Waals surface area contributed by atoms with Gasteiger partial charge in [0.25, 0.3) is 0 Å². The van der Waals surface area contributed by atoms with Gasteiger partial charge in [-0.3, -0.25) is 0 Å². The highest BCUT2D eigenvalue weighted by Crippen LogP contribution is 2.27. The summed E-state index contributed by atoms with van der Waals surface area (Å²) in [6, 6.07) is 6.32. The summed E-state index contributed by atoms with van der Waals surface area (Å²) in [5, 5.41) is 0. The summed E-state index contributed by atoms with van der Waals surface area (Å²) >= 11 is 0. The highest BCUT2D eigenvalue weighted by molar-refractivity contribution is 5.73. The van der Waals surface area contributed by atoms with Gasteiger partial charge in [-0.25, -0.2) is 4.98 Å². The normalized spacial score (nSPS) is 10.6. The number of hydrogen-bond acceptors (Lipinski definition) is 2. The molecule has 3 heteroatoms. The van der Waals surface area contributed by atoms with E-state index in [2.05, 4.69) is 42.0 Å². The summed E-state index contributed by atoms with van der Waals surface area (Å²) in [6.45, 7) is 6.05. The number of nitrogens with one attached hydrogen (secondary N) is 1. The fourth-order valence-electron chi connectivity index (χ4n) is 1.72. The van der Waals surface area contributed by atoms with Crippen LogP contribution in [0.2, 0.25) is 0 Å². The Morgan fingerprint density at radius 3 is 2.53 bits per heavy atom. The Labute approximate surface area is 89.4 Å². The molecule has 0 bridgehead atoms. The molecule has 2 rings (SSSR count). The number of aryl methyl sites for hydroxylation is 3. The fraction of sp³-hybridized carbons (Fsp3) is 0.250. The Morgan fingerprint density at radius 2 is 1.93 bits per heavy atom. The zero-order chi connectivity index (χ0) is 11.0. The Kier molecular flexibility index (Phi) is 2.23. The second-order valence-electron chi connectivity index (χ2n) is 3.90. The summed E-state index contributed by atoms with van der Waals surface area (Å²) in [6.07, 6.45) is 0. The van der Waals surface area contributed by atoms with Gasteiger partial charge >= 0.3 is 0 Å². The van der Waals surface area contributed by atoms with Gasteiger partial charge in [-0.1, -0.05) is 17.7 Å². The average Bonchev–Trinajstić information content (AvgIpc) is 2.50. The first-order valence-corrected chi connectivity index (χ1v) is 4.97. The molecular formula is C12H15N3. The van der Waals surface area contributed by atoms with Gasteiger partial charge < -0.3 is 10.7 Å². The maximum atomic E-state index is 5.85. The molecule has 1 aromatic carbocycles. The van der Waals surface area contributed by atoms with Crippen LogP contribution in [-0.2, 0) is 0 Å². The van der Waals surface area contributed by atoms with Gasteiger partial charge in [-0.2, -0.15) is 0 Å². The summed E-state index contributed by atoms with van der Waals surface area (Å²) < 4.78 is 0. The molecule has 0 unspecified atom stereocenters. The zero-order valence-electron chi connectivity index (χ0n) is 9.26. The summed E-state index contributed by atoms with van der Waals surface area (Å²) in [5.74, 6) is 1.42. The van der Waals surface area contributed by atoms with E-state index in [1.807, 2.05) is 6.92 Å². The molecule has 3 nitrogen and oxygen atoms in total. The highest BCUT2D eigenvalue weighted by Gasteiger charge is 2.09. The number of aromatic amines is 1. The summed E-state index contributed by atoms with van der Waals surface area (Å²) in [7, 11) is 0. The van der Waals surface area contributed by atoms with E-state index in [0.29, 0.717) is 5.82 Å². The number of imidazole rings is 1. The molecule has 0 radical (unpaired) electrons. The first-order valence-electron chi connectivity index (χ1n) is 4.97. The predicted octanol–water partition coefficient (Wildman–Crippen LogP) is 2.58. The van der Waals surface area contributed by atoms with Crippen LogP contribution >= 0.6 is 0 Å². The number of nitrogens with zero attached hydrogens (tertiary/aromatic N) is 1. The number of benzene rings is 1. The molecule has 0 aliphatic heterocycles. The van der Waals surface area contributed by atoms with Crippen LogP contribution in [0, 0.1) is 20.8 Å². The van der Waals surface area contributed by atoms with Crippen LogP contribution in [0.15, 0.2) is 18.2 Å². The van der Waals surface area contributed by atoms with Gasteiger partial charge in [-0.05, 0) is 32.4 Å². The van der Waals surface area contributed by atoms with Crippen molar-refractivity contribution in [2.75, 3.05) is 5.73 Å². The van der Waals surface area contributed by atoms with E-state index in [1.165, 1.54) is 11.1 Å². The summed E-state index contributed by atoms with van der Waals surface area (Å²) in [5.41, 5.74) is 10.3. The smallest absolute Gasteiger partial charge is 0.149 e. The van der Waals surface area contributed by atoms with Gasteiger partial charge in [0.2, 0.25) is 0 Å². The molecule has 0 atom stereocenters. The number of nitrogens with two attached hydrogens (primary N) is 1. The molecule has 0 amide bonds. The van der Waals surface area contributed by atoms with Crippen molar-refractivity contribution < 1.29 is 0 Å². The Hall–Kier alpha value is -1.77. The molecule has 0 fully saturated rings. The van der Waals surface area contributed by atoms with Gasteiger partial charge in [0.05, 0.1) is 5.69 Å². The number of anilines is 1. The van der Waals surface area contributed by atoms with Gasteiger partial charge in [0.1, 0.15) is 11.6 Å². The van der Waals surface area contributed by atoms with Crippen LogP contribution in [-0.4, -0.2) is 9.97 Å². The Bertz CT molecular complexity index is 498. The van der Waals surface area contributed by atoms with E-state index in [4.69, 9.17) is 5.73 Å². The molecule has 2 aromatic rings. The minimum Gasteiger partial charge on any atom is -0.382 e. The van der Waals surface area contributed by atoms with E-state index in [9.17, 15) is 0 Å². The van der Waals surface area contributed by atoms with Crippen LogP contribution in [0.5, 0.6) is 0 Å². The highest BCUT2D eigenvalue weighted by atomic mass is 15.0. The van der Waals surface area contributed by atoms with Crippen LogP contribution in [0.4, 0.5) is 5.82 Å². The van der Waals surface area contributed by atoms with Crippen molar-refractivity contribution in [1.82, 2.24) is 9.97 Å². The SMILES string of the molecule is Cc1ccc(C)c(-c2[nH]c(C)nc2N)c1. The second kappa shape index (κ2) is 3.42. The lowest BCUT2D eigenvalue weighted by Crippen LogP contribution is -1.91. The number of rotatable bonds is 1. The standard InChI is InChI=1S/C12H15N3/c1-7-4-5-8(2)10(6-7)11-12(13)15-9(3)14-11/h4-6H,13H2,1-3H3,(H,14,15). The van der Waals surface area contributed by atoms with Crippen molar-refractivity contribution in [3.05, 3.63) is 35.2 Å². The lowest BCUT2D eigenvalue weighted by atomic mass is 10.0. The molecule has 1 heterocycles. The molecule has 3 N–H and O–H groups in total. The van der Waals surface area contributed by atoms with E-state index in [0.717, 1.165) is 17.1 Å². The largest absolute Gasteiger partial charge is 0.382 e. The topological polar surface area (TPSA) is 54.7 Å². The lowest BCUT2D eigenvalue weighted by Gasteiger charge is -2.05. The van der Waals surface area contributed by atoms with Crippen molar-refractivity contribution in [2.24, 2.45) is 0 Å². The molecule has 78 valence electrons. The van der Waals surface area contributed by atoms with Crippen LogP contribution in [0.3, 0.4) is 0 Å². The predicted molar refractivity (Wildman–Crippen MR) is 62.6 cm³/mol. The fourth-order valence-corrected chi connectivity index (χ4v) is 1.72. The van der Waals surface area contributed by atoms with Crippen molar-refractivity contribution in [2.45, 2.75) is 20.8 Å². The maximum Gasteiger partial charge on any atom is 0.149 e. The quantitative estimate of drug-likeness (QED) is 0.745. The van der Waals surface area contributed by atoms with Crippen LogP contribution in [0.25, 0.3) is 11.3 Å². The number of nitrogen functional groups attached to an aromatic ring is 1. The van der Waals surface area contributed by atoms with Crippen molar-refractivity contribution in [3.63, 3.8) is 0 Å². The van der Waals surface area contributed by atoms with E-state index in [1.54, 1.807) is 0 Å². The van der Waals surface area contributed by atoms with Crippen molar-refractivity contribution in [1.29, 1.82) is 0 Å². The molecule has 0 saturated heterocycles. The number of H-pyrrole nitrogens is 1. The number of hydrogen-bond donors (Lipinski definition) is 2. The minimum atomic E-state index is 0.571. The third-order valence-corrected chi connectivity index (χ3v) is 2.51. The average molecular weight is 201 g/mol. The first-order chi connectivity index (χ1) is 7.08. The van der Waals surface area contributed by atoms with Crippen LogP contribution < -0.4 is 5.73 Å². The van der Waals surface area contributed by atoms with Crippen LogP contribution in [0.1, 0.15) is 17.0 Å². The third kappa shape index (κ3) is 1.73. The summed E-state index contributed by atoms with van der Waals surface area (Å²) in [4.78, 5) is 7.37. The molecule has 0 saturated carbocycles. The van der Waals surface area contributed by atoms with Gasteiger partial charge in [0.15, 0.2) is 0 Å². The Morgan fingerprint density at radius 1 is 1.20 bits per heavy atom.